The van der Waals surface area contributed by atoms with Crippen molar-refractivity contribution >= 4 is 11.4 Å². The fourth-order valence-corrected chi connectivity index (χ4v) is 3.19. The second-order valence-electron chi connectivity index (χ2n) is 8.60. The molecule has 0 radical (unpaired) electrons. The number of nitrogens with two attached hydrogens (primary N) is 1. The van der Waals surface area contributed by atoms with Crippen molar-refractivity contribution in [2.24, 2.45) is 16.6 Å². The van der Waals surface area contributed by atoms with Gasteiger partial charge in [0.25, 0.3) is 0 Å². The number of benzene rings is 1. The minimum atomic E-state index is -4.70. The average Bonchev–Trinajstić information content (AvgIpc) is 3.08. The Hall–Kier alpha value is -2.97. The lowest BCUT2D eigenvalue weighted by atomic mass is 9.96. The van der Waals surface area contributed by atoms with Crippen LogP contribution in [-0.4, -0.2) is 23.9 Å². The van der Waals surface area contributed by atoms with Crippen LogP contribution in [-0.2, 0) is 6.18 Å². The standard InChI is InChI=1S/C17H12F5N3O.C7H16.C3H8.2C2H6/c18-16(19)26-14-7-9(17(20,21)22)1-2-11(14)15-10-3-5-24-8-12(10)13(23)4-6-25-15;1-4-5-6-7(2)3;1-3-2;2*1-2/h1-5,7-8,16H,6,23H2;7H,4-6H2,1-3H3;3H2,1-2H3;2*1-2H3. The predicted octanol–water partition coefficient (Wildman–Crippen LogP) is 10.2. The normalized spacial score (nSPS) is 11.9. The quantitative estimate of drug-likeness (QED) is 0.350. The van der Waals surface area contributed by atoms with Gasteiger partial charge in [-0.3, -0.25) is 9.98 Å². The van der Waals surface area contributed by atoms with Crippen molar-refractivity contribution in [1.82, 2.24) is 4.98 Å². The van der Waals surface area contributed by atoms with E-state index in [-0.39, 0.29) is 17.8 Å². The number of unbranched alkanes of at least 4 members (excludes halogenated alkanes) is 1. The molecule has 2 aromatic rings. The highest BCUT2D eigenvalue weighted by Crippen LogP contribution is 2.35. The van der Waals surface area contributed by atoms with E-state index in [1.54, 1.807) is 12.1 Å². The van der Waals surface area contributed by atoms with Crippen LogP contribution in [0.15, 0.2) is 47.7 Å². The number of nitrogens with zero attached hydrogens (tertiary/aromatic N) is 2. The summed E-state index contributed by atoms with van der Waals surface area (Å²) in [6.07, 6.45) is 5.22. The van der Waals surface area contributed by atoms with Crippen LogP contribution in [0.2, 0.25) is 0 Å². The van der Waals surface area contributed by atoms with Gasteiger partial charge in [-0.1, -0.05) is 88.0 Å². The van der Waals surface area contributed by atoms with E-state index in [1.165, 1.54) is 38.1 Å². The average molecular weight is 574 g/mol. The molecule has 2 heterocycles. The fourth-order valence-electron chi connectivity index (χ4n) is 3.19. The monoisotopic (exact) mass is 573 g/mol. The minimum Gasteiger partial charge on any atom is -0.434 e. The zero-order valence-corrected chi connectivity index (χ0v) is 25.5. The number of aromatic nitrogens is 1. The third-order valence-electron chi connectivity index (χ3n) is 4.86. The van der Waals surface area contributed by atoms with E-state index in [1.807, 2.05) is 27.7 Å². The summed E-state index contributed by atoms with van der Waals surface area (Å²) in [7, 11) is 0. The van der Waals surface area contributed by atoms with Crippen molar-refractivity contribution < 1.29 is 26.7 Å². The molecule has 0 saturated heterocycles. The Morgan fingerprint density at radius 3 is 2.02 bits per heavy atom. The number of fused-ring (bicyclic) bond motifs is 1. The molecule has 228 valence electrons. The number of rotatable bonds is 6. The van der Waals surface area contributed by atoms with Crippen LogP contribution < -0.4 is 10.5 Å². The van der Waals surface area contributed by atoms with E-state index in [4.69, 9.17) is 5.73 Å². The third-order valence-corrected chi connectivity index (χ3v) is 4.86. The molecular formula is C31H48F5N3O. The molecule has 40 heavy (non-hydrogen) atoms. The predicted molar refractivity (Wildman–Crippen MR) is 158 cm³/mol. The summed E-state index contributed by atoms with van der Waals surface area (Å²) in [5, 5.41) is 0. The van der Waals surface area contributed by atoms with Crippen LogP contribution in [0.4, 0.5) is 22.0 Å². The van der Waals surface area contributed by atoms with Crippen molar-refractivity contribution in [2.75, 3.05) is 6.54 Å². The van der Waals surface area contributed by atoms with E-state index in [2.05, 4.69) is 49.3 Å². The van der Waals surface area contributed by atoms with Crippen LogP contribution in [0.3, 0.4) is 0 Å². The first kappa shape index (κ1) is 39.2. The van der Waals surface area contributed by atoms with Gasteiger partial charge in [0, 0.05) is 34.8 Å². The zero-order chi connectivity index (χ0) is 31.3. The van der Waals surface area contributed by atoms with Gasteiger partial charge in [0.2, 0.25) is 0 Å². The van der Waals surface area contributed by atoms with Gasteiger partial charge < -0.3 is 10.5 Å². The van der Waals surface area contributed by atoms with Gasteiger partial charge in [0.15, 0.2) is 0 Å². The van der Waals surface area contributed by atoms with Crippen molar-refractivity contribution in [3.8, 4) is 5.75 Å². The molecule has 1 aliphatic rings. The topological polar surface area (TPSA) is 60.5 Å². The Bertz CT molecular complexity index is 1000. The number of hydrogen-bond donors (Lipinski definition) is 1. The number of aliphatic imine (C=N–C) groups is 1. The maximum atomic E-state index is 12.9. The molecule has 0 saturated carbocycles. The molecule has 0 bridgehead atoms. The Labute approximate surface area is 238 Å². The first-order chi connectivity index (χ1) is 19.0. The van der Waals surface area contributed by atoms with Gasteiger partial charge in [-0.05, 0) is 36.3 Å². The highest BCUT2D eigenvalue weighted by molar-refractivity contribution is 6.17. The second-order valence-corrected chi connectivity index (χ2v) is 8.60. The number of alkyl halides is 5. The van der Waals surface area contributed by atoms with E-state index in [9.17, 15) is 22.0 Å². The maximum Gasteiger partial charge on any atom is 0.416 e. The first-order valence-electron chi connectivity index (χ1n) is 14.1. The smallest absolute Gasteiger partial charge is 0.416 e. The summed E-state index contributed by atoms with van der Waals surface area (Å²) in [5.74, 6) is 0.289. The fraction of sp³-hybridized carbons (Fsp3) is 0.548. The molecule has 1 aromatic heterocycles. The Morgan fingerprint density at radius 1 is 0.950 bits per heavy atom. The highest BCUT2D eigenvalue weighted by atomic mass is 19.4. The SMILES string of the molecule is CC.CC.CCC.CCCCC(C)C.NC1=CCN=C(c2ccc(C(F)(F)F)cc2OC(F)F)c2ccncc21. The molecule has 1 aliphatic heterocycles. The van der Waals surface area contributed by atoms with E-state index < -0.39 is 24.1 Å². The lowest BCUT2D eigenvalue weighted by molar-refractivity contribution is -0.138. The summed E-state index contributed by atoms with van der Waals surface area (Å²) < 4.78 is 68.6. The van der Waals surface area contributed by atoms with Gasteiger partial charge in [0.1, 0.15) is 5.75 Å². The van der Waals surface area contributed by atoms with E-state index in [0.717, 1.165) is 18.1 Å². The number of pyridine rings is 1. The summed E-state index contributed by atoms with van der Waals surface area (Å²) in [5.41, 5.74) is 6.40. The molecule has 2 N–H and O–H groups in total. The molecular weight excluding hydrogens is 525 g/mol. The largest absolute Gasteiger partial charge is 0.434 e. The van der Waals surface area contributed by atoms with Gasteiger partial charge in [-0.15, -0.1) is 0 Å². The molecule has 0 atom stereocenters. The van der Waals surface area contributed by atoms with Gasteiger partial charge in [-0.2, -0.15) is 22.0 Å². The van der Waals surface area contributed by atoms with E-state index >= 15 is 0 Å². The van der Waals surface area contributed by atoms with Crippen molar-refractivity contribution in [3.63, 3.8) is 0 Å². The summed E-state index contributed by atoms with van der Waals surface area (Å²) in [6.45, 7) is 15.9. The van der Waals surface area contributed by atoms with E-state index in [0.29, 0.717) is 22.9 Å². The third kappa shape index (κ3) is 14.4. The molecule has 0 fully saturated rings. The molecule has 1 aromatic carbocycles. The number of ether oxygens (including phenoxy) is 1. The van der Waals surface area contributed by atoms with Crippen molar-refractivity contribution in [3.05, 3.63) is 65.0 Å². The molecule has 4 nitrogen and oxygen atoms in total. The summed E-state index contributed by atoms with van der Waals surface area (Å²) in [6, 6.07) is 3.94. The Balaban J connectivity index is 0. The van der Waals surface area contributed by atoms with Crippen LogP contribution in [0, 0.1) is 5.92 Å². The van der Waals surface area contributed by atoms with Gasteiger partial charge in [0.05, 0.1) is 17.8 Å². The Morgan fingerprint density at radius 2 is 1.55 bits per heavy atom. The number of halogens is 5. The molecule has 9 heteroatoms. The van der Waals surface area contributed by atoms with Crippen LogP contribution >= 0.6 is 0 Å². The Kier molecular flexibility index (Phi) is 21.4. The summed E-state index contributed by atoms with van der Waals surface area (Å²) >= 11 is 0. The first-order valence-corrected chi connectivity index (χ1v) is 14.1. The van der Waals surface area contributed by atoms with Crippen LogP contribution in [0.1, 0.15) is 110 Å². The van der Waals surface area contributed by atoms with Crippen molar-refractivity contribution in [2.45, 2.75) is 101 Å². The summed E-state index contributed by atoms with van der Waals surface area (Å²) in [4.78, 5) is 8.23. The molecule has 0 aliphatic carbocycles. The second kappa shape index (κ2) is 21.8. The van der Waals surface area contributed by atoms with Gasteiger partial charge in [-0.25, -0.2) is 0 Å². The maximum absolute atomic E-state index is 12.9. The minimum absolute atomic E-state index is 0.00819. The molecule has 0 unspecified atom stereocenters. The molecule has 3 rings (SSSR count). The zero-order valence-electron chi connectivity index (χ0n) is 25.5. The molecule has 0 spiro atoms. The highest BCUT2D eigenvalue weighted by Gasteiger charge is 2.32. The number of hydrogen-bond acceptors (Lipinski definition) is 4. The lowest BCUT2D eigenvalue weighted by Crippen LogP contribution is -2.14. The van der Waals surface area contributed by atoms with Gasteiger partial charge >= 0.3 is 12.8 Å². The lowest BCUT2D eigenvalue weighted by Gasteiger charge is -2.16. The van der Waals surface area contributed by atoms with Crippen molar-refractivity contribution in [1.29, 1.82) is 0 Å². The van der Waals surface area contributed by atoms with Crippen LogP contribution in [0.25, 0.3) is 5.70 Å². The molecule has 0 amide bonds. The van der Waals surface area contributed by atoms with Crippen LogP contribution in [0.5, 0.6) is 5.75 Å².